The minimum atomic E-state index is -4.28. The molecule has 1 aliphatic rings. The predicted octanol–water partition coefficient (Wildman–Crippen LogP) is 4.46. The van der Waals surface area contributed by atoms with Crippen LogP contribution in [0.25, 0.3) is 21.9 Å². The largest absolute Gasteiger partial charge is 0.481 e. The molecule has 0 aliphatic carbocycles. The second kappa shape index (κ2) is 9.87. The minimum absolute atomic E-state index is 0.123. The number of alkyl halides is 3. The van der Waals surface area contributed by atoms with Crippen molar-refractivity contribution in [1.29, 1.82) is 0 Å². The van der Waals surface area contributed by atoms with E-state index in [1.54, 1.807) is 19.1 Å². The van der Waals surface area contributed by atoms with Crippen LogP contribution in [0.5, 0.6) is 5.75 Å². The Labute approximate surface area is 203 Å². The Morgan fingerprint density at radius 3 is 2.46 bits per heavy atom. The van der Waals surface area contributed by atoms with Crippen molar-refractivity contribution < 1.29 is 27.1 Å². The maximum atomic E-state index is 13.5. The normalized spacial score (nSPS) is 15.9. The zero-order valence-corrected chi connectivity index (χ0v) is 19.4. The third-order valence-electron chi connectivity index (χ3n) is 5.84. The Morgan fingerprint density at radius 2 is 1.80 bits per heavy atom. The Balaban J connectivity index is 1.49. The van der Waals surface area contributed by atoms with Crippen LogP contribution in [0.4, 0.5) is 17.6 Å². The first kappa shape index (κ1) is 25.0. The van der Waals surface area contributed by atoms with E-state index in [0.717, 1.165) is 0 Å². The summed E-state index contributed by atoms with van der Waals surface area (Å²) in [6.45, 7) is 1.13. The average molecular weight is 512 g/mol. The number of ether oxygens (including phenoxy) is 1. The van der Waals surface area contributed by atoms with Crippen molar-refractivity contribution in [3.8, 4) is 16.9 Å². The molecule has 1 fully saturated rings. The highest BCUT2D eigenvalue weighted by Crippen LogP contribution is 2.33. The second-order valence-electron chi connectivity index (χ2n) is 8.34. The summed E-state index contributed by atoms with van der Waals surface area (Å²) in [5, 5.41) is 1.04. The molecule has 2 heterocycles. The van der Waals surface area contributed by atoms with Crippen LogP contribution < -0.4 is 10.3 Å². The van der Waals surface area contributed by atoms with Crippen LogP contribution in [0.1, 0.15) is 6.92 Å². The van der Waals surface area contributed by atoms with Gasteiger partial charge in [0.1, 0.15) is 11.6 Å². The Morgan fingerprint density at radius 1 is 1.09 bits per heavy atom. The fourth-order valence-corrected chi connectivity index (χ4v) is 4.40. The molecule has 0 saturated carbocycles. The van der Waals surface area contributed by atoms with Gasteiger partial charge in [-0.15, -0.1) is 0 Å². The summed E-state index contributed by atoms with van der Waals surface area (Å²) in [4.78, 5) is 30.6. The lowest BCUT2D eigenvalue weighted by Gasteiger charge is -2.36. The molecule has 2 aromatic carbocycles. The van der Waals surface area contributed by atoms with Crippen molar-refractivity contribution in [3.05, 3.63) is 63.8 Å². The number of rotatable bonds is 5. The zero-order valence-electron chi connectivity index (χ0n) is 18.7. The van der Waals surface area contributed by atoms with Crippen molar-refractivity contribution >= 4 is 28.3 Å². The van der Waals surface area contributed by atoms with E-state index in [9.17, 15) is 27.2 Å². The van der Waals surface area contributed by atoms with Crippen molar-refractivity contribution in [2.75, 3.05) is 32.7 Å². The number of aromatic nitrogens is 1. The van der Waals surface area contributed by atoms with E-state index in [1.807, 2.05) is 0 Å². The molecule has 3 aromatic rings. The Kier molecular flexibility index (Phi) is 7.05. The summed E-state index contributed by atoms with van der Waals surface area (Å²) >= 11 is 6.20. The molecule has 11 heteroatoms. The fourth-order valence-electron chi connectivity index (χ4n) is 4.13. The topological polar surface area (TPSA) is 65.6 Å². The monoisotopic (exact) mass is 511 g/mol. The highest BCUT2D eigenvalue weighted by molar-refractivity contribution is 6.33. The average Bonchev–Trinajstić information content (AvgIpc) is 2.79. The van der Waals surface area contributed by atoms with Crippen LogP contribution >= 0.6 is 11.6 Å². The number of aromatic amines is 1. The summed E-state index contributed by atoms with van der Waals surface area (Å²) in [6, 6.07) is 8.73. The number of carbonyl (C=O) groups is 1. The van der Waals surface area contributed by atoms with Crippen LogP contribution in [0.2, 0.25) is 5.02 Å². The number of amides is 1. The molecule has 186 valence electrons. The number of benzene rings is 2. The lowest BCUT2D eigenvalue weighted by atomic mass is 10.0. The van der Waals surface area contributed by atoms with E-state index < -0.39 is 24.6 Å². The van der Waals surface area contributed by atoms with Crippen molar-refractivity contribution in [3.63, 3.8) is 0 Å². The number of carbonyl (C=O) groups excluding carboxylic acids is 1. The van der Waals surface area contributed by atoms with Crippen molar-refractivity contribution in [1.82, 2.24) is 14.8 Å². The maximum Gasteiger partial charge on any atom is 0.401 e. The summed E-state index contributed by atoms with van der Waals surface area (Å²) < 4.78 is 57.0. The number of H-pyrrole nitrogens is 1. The van der Waals surface area contributed by atoms with E-state index in [2.05, 4.69) is 4.98 Å². The zero-order chi connectivity index (χ0) is 25.3. The number of fused-ring (bicyclic) bond motifs is 1. The molecule has 1 N–H and O–H groups in total. The smallest absolute Gasteiger partial charge is 0.401 e. The van der Waals surface area contributed by atoms with Gasteiger partial charge in [0, 0.05) is 43.5 Å². The number of pyridine rings is 1. The number of piperazine rings is 1. The quantitative estimate of drug-likeness (QED) is 0.514. The van der Waals surface area contributed by atoms with Crippen LogP contribution in [0, 0.1) is 5.82 Å². The third kappa shape index (κ3) is 5.76. The molecular formula is C24H22ClF4N3O3. The number of halogens is 5. The SMILES string of the molecule is C[C@@H](Oc1ccc2c(-c3ccc(F)cc3Cl)c[nH]c(=O)c2c1)C(=O)N1CCN(CC(F)(F)F)CC1. The molecule has 1 aromatic heterocycles. The molecular weight excluding hydrogens is 490 g/mol. The van der Waals surface area contributed by atoms with Crippen molar-refractivity contribution in [2.24, 2.45) is 0 Å². The van der Waals surface area contributed by atoms with Gasteiger partial charge in [0.05, 0.1) is 17.0 Å². The van der Waals surface area contributed by atoms with Crippen molar-refractivity contribution in [2.45, 2.75) is 19.2 Å². The first-order chi connectivity index (χ1) is 16.5. The van der Waals surface area contributed by atoms with E-state index in [-0.39, 0.29) is 48.4 Å². The molecule has 1 amide bonds. The highest BCUT2D eigenvalue weighted by Gasteiger charge is 2.33. The van der Waals surface area contributed by atoms with Gasteiger partial charge >= 0.3 is 6.18 Å². The van der Waals surface area contributed by atoms with Gasteiger partial charge in [0.25, 0.3) is 11.5 Å². The van der Waals surface area contributed by atoms with E-state index in [1.165, 1.54) is 40.3 Å². The van der Waals surface area contributed by atoms with Gasteiger partial charge in [-0.1, -0.05) is 11.6 Å². The Bertz CT molecular complexity index is 1300. The van der Waals surface area contributed by atoms with Crippen LogP contribution in [-0.2, 0) is 4.79 Å². The maximum absolute atomic E-state index is 13.5. The molecule has 4 rings (SSSR count). The Hall–Kier alpha value is -3.11. The summed E-state index contributed by atoms with van der Waals surface area (Å²) in [5.74, 6) is -0.553. The lowest BCUT2D eigenvalue weighted by Crippen LogP contribution is -2.53. The van der Waals surface area contributed by atoms with E-state index in [0.29, 0.717) is 21.9 Å². The van der Waals surface area contributed by atoms with Gasteiger partial charge in [0.2, 0.25) is 0 Å². The van der Waals surface area contributed by atoms with Crippen LogP contribution in [0.15, 0.2) is 47.4 Å². The number of hydrogen-bond donors (Lipinski definition) is 1. The first-order valence-corrected chi connectivity index (χ1v) is 11.2. The molecule has 35 heavy (non-hydrogen) atoms. The standard InChI is InChI=1S/C24H22ClF4N3O3/c1-14(23(34)32-8-6-31(7-9-32)13-24(27,28)29)35-16-3-5-17-19(11-16)22(33)30-12-20(17)18-4-2-15(26)10-21(18)25/h2-5,10-12,14H,6-9,13H2,1H3,(H,30,33)/t14-/m1/s1. The van der Waals surface area contributed by atoms with Gasteiger partial charge in [-0.2, -0.15) is 13.2 Å². The van der Waals surface area contributed by atoms with Gasteiger partial charge in [-0.25, -0.2) is 4.39 Å². The van der Waals surface area contributed by atoms with Crippen LogP contribution in [0.3, 0.4) is 0 Å². The molecule has 0 radical (unpaired) electrons. The van der Waals surface area contributed by atoms with Gasteiger partial charge in [0.15, 0.2) is 6.10 Å². The van der Waals surface area contributed by atoms with E-state index >= 15 is 0 Å². The summed E-state index contributed by atoms with van der Waals surface area (Å²) in [6.07, 6.45) is -3.69. The molecule has 0 bridgehead atoms. The van der Waals surface area contributed by atoms with E-state index in [4.69, 9.17) is 16.3 Å². The van der Waals surface area contributed by atoms with Gasteiger partial charge in [-0.3, -0.25) is 14.5 Å². The molecule has 1 aliphatic heterocycles. The molecule has 1 atom stereocenters. The lowest BCUT2D eigenvalue weighted by molar-refractivity contribution is -0.153. The minimum Gasteiger partial charge on any atom is -0.481 e. The second-order valence-corrected chi connectivity index (χ2v) is 8.75. The number of nitrogens with zero attached hydrogens (tertiary/aromatic N) is 2. The molecule has 6 nitrogen and oxygen atoms in total. The van der Waals surface area contributed by atoms with Crippen LogP contribution in [-0.4, -0.2) is 65.7 Å². The highest BCUT2D eigenvalue weighted by atomic mass is 35.5. The number of nitrogens with one attached hydrogen (secondary N) is 1. The molecule has 0 unspecified atom stereocenters. The van der Waals surface area contributed by atoms with Gasteiger partial charge < -0.3 is 14.6 Å². The first-order valence-electron chi connectivity index (χ1n) is 10.9. The number of hydrogen-bond acceptors (Lipinski definition) is 4. The summed E-state index contributed by atoms with van der Waals surface area (Å²) in [5.41, 5.74) is 0.750. The molecule has 0 spiro atoms. The molecule has 1 saturated heterocycles. The fraction of sp³-hybridized carbons (Fsp3) is 0.333. The van der Waals surface area contributed by atoms with Gasteiger partial charge in [-0.05, 0) is 48.7 Å². The predicted molar refractivity (Wildman–Crippen MR) is 124 cm³/mol. The summed E-state index contributed by atoms with van der Waals surface area (Å²) in [7, 11) is 0. The third-order valence-corrected chi connectivity index (χ3v) is 6.15.